The topological polar surface area (TPSA) is 16.4 Å². The molecule has 0 saturated carbocycles. The summed E-state index contributed by atoms with van der Waals surface area (Å²) in [6, 6.07) is 52.9. The predicted molar refractivity (Wildman–Crippen MR) is 211 cm³/mol. The van der Waals surface area contributed by atoms with Gasteiger partial charge in [0.25, 0.3) is 0 Å². The first-order valence-corrected chi connectivity index (χ1v) is 17.7. The van der Waals surface area contributed by atoms with Crippen LogP contribution in [0, 0.1) is 0 Å². The molecule has 1 aliphatic rings. The zero-order valence-corrected chi connectivity index (χ0v) is 27.6. The van der Waals surface area contributed by atoms with Crippen LogP contribution in [0.1, 0.15) is 18.4 Å². The van der Waals surface area contributed by atoms with E-state index in [1.807, 2.05) is 11.3 Å². The molecule has 2 nitrogen and oxygen atoms in total. The third-order valence-corrected chi connectivity index (χ3v) is 11.1. The molecule has 3 heteroatoms. The minimum Gasteiger partial charge on any atom is -0.455 e. The van der Waals surface area contributed by atoms with Crippen molar-refractivity contribution in [1.29, 1.82) is 0 Å². The molecule has 0 unspecified atom stereocenters. The lowest BCUT2D eigenvalue weighted by atomic mass is 9.98. The Bertz CT molecular complexity index is 2780. The third-order valence-electron chi connectivity index (χ3n) is 9.90. The minimum atomic E-state index is 0.904. The molecule has 0 fully saturated rings. The number of thiophene rings is 1. The Labute approximate surface area is 288 Å². The average Bonchev–Trinajstić information content (AvgIpc) is 3.75. The largest absolute Gasteiger partial charge is 0.455 e. The smallest absolute Gasteiger partial charge is 0.143 e. The molecule has 0 spiro atoms. The highest BCUT2D eigenvalue weighted by atomic mass is 32.1. The van der Waals surface area contributed by atoms with Gasteiger partial charge in [-0.1, -0.05) is 115 Å². The van der Waals surface area contributed by atoms with Crippen molar-refractivity contribution in [2.45, 2.75) is 12.8 Å². The van der Waals surface area contributed by atoms with Crippen LogP contribution in [0.2, 0.25) is 0 Å². The molecule has 232 valence electrons. The maximum Gasteiger partial charge on any atom is 0.143 e. The van der Waals surface area contributed by atoms with Crippen LogP contribution in [0.4, 0.5) is 17.1 Å². The lowest BCUT2D eigenvalue weighted by Gasteiger charge is -2.28. The second-order valence-corrected chi connectivity index (χ2v) is 13.8. The number of hydrogen-bond donors (Lipinski definition) is 0. The number of anilines is 3. The molecule has 0 saturated heterocycles. The van der Waals surface area contributed by atoms with Gasteiger partial charge < -0.3 is 9.32 Å². The summed E-state index contributed by atoms with van der Waals surface area (Å²) in [5, 5.41) is 7.18. The van der Waals surface area contributed by atoms with Crippen molar-refractivity contribution in [2.24, 2.45) is 0 Å². The van der Waals surface area contributed by atoms with Crippen molar-refractivity contribution in [3.63, 3.8) is 0 Å². The van der Waals surface area contributed by atoms with Crippen LogP contribution in [-0.2, 0) is 0 Å². The van der Waals surface area contributed by atoms with Gasteiger partial charge in [-0.05, 0) is 83.5 Å². The first kappa shape index (κ1) is 28.1. The quantitative estimate of drug-likeness (QED) is 0.185. The summed E-state index contributed by atoms with van der Waals surface area (Å²) >= 11 is 1.87. The van der Waals surface area contributed by atoms with Gasteiger partial charge in [-0.2, -0.15) is 0 Å². The Morgan fingerprint density at radius 3 is 2.22 bits per heavy atom. The molecule has 7 aromatic carbocycles. The average molecular weight is 646 g/mol. The van der Waals surface area contributed by atoms with E-state index in [0.29, 0.717) is 0 Å². The molecule has 0 bridgehead atoms. The van der Waals surface area contributed by atoms with Crippen LogP contribution < -0.4 is 4.90 Å². The molecule has 9 aromatic rings. The van der Waals surface area contributed by atoms with Crippen LogP contribution in [0.3, 0.4) is 0 Å². The third kappa shape index (κ3) is 4.62. The SMILES string of the molecule is C1=CC(c2ccc(N(c3ccccc3-c3ccc4oc5c6ccccc6ccc5c4c3)c3cccc4c3sc3ccccc34)cc2)=CCC1. The van der Waals surface area contributed by atoms with Crippen molar-refractivity contribution in [3.8, 4) is 11.1 Å². The summed E-state index contributed by atoms with van der Waals surface area (Å²) < 4.78 is 9.07. The molecular weight excluding hydrogens is 615 g/mol. The molecule has 0 amide bonds. The zero-order chi connectivity index (χ0) is 32.3. The first-order valence-electron chi connectivity index (χ1n) is 16.9. The summed E-state index contributed by atoms with van der Waals surface area (Å²) in [7, 11) is 0. The lowest BCUT2D eigenvalue weighted by molar-refractivity contribution is 0.672. The Hall–Kier alpha value is -5.90. The Morgan fingerprint density at radius 2 is 1.33 bits per heavy atom. The second-order valence-electron chi connectivity index (χ2n) is 12.8. The maximum absolute atomic E-state index is 6.49. The molecule has 49 heavy (non-hydrogen) atoms. The van der Waals surface area contributed by atoms with Crippen molar-refractivity contribution in [2.75, 3.05) is 4.90 Å². The Kier molecular flexibility index (Phi) is 6.53. The number of rotatable bonds is 5. The van der Waals surface area contributed by atoms with Crippen molar-refractivity contribution >= 4 is 86.9 Å². The first-order chi connectivity index (χ1) is 24.3. The summed E-state index contributed by atoms with van der Waals surface area (Å²) in [5.74, 6) is 0. The van der Waals surface area contributed by atoms with Gasteiger partial charge in [-0.25, -0.2) is 0 Å². The van der Waals surface area contributed by atoms with Gasteiger partial charge in [0, 0.05) is 42.9 Å². The molecule has 2 aromatic heterocycles. The van der Waals surface area contributed by atoms with E-state index < -0.39 is 0 Å². The molecule has 0 aliphatic heterocycles. The van der Waals surface area contributed by atoms with E-state index in [0.717, 1.165) is 57.1 Å². The highest BCUT2D eigenvalue weighted by Crippen LogP contribution is 2.48. The van der Waals surface area contributed by atoms with Gasteiger partial charge in [-0.3, -0.25) is 0 Å². The van der Waals surface area contributed by atoms with Crippen LogP contribution in [-0.4, -0.2) is 0 Å². The van der Waals surface area contributed by atoms with Crippen LogP contribution in [0.25, 0.3) is 69.6 Å². The summed E-state index contributed by atoms with van der Waals surface area (Å²) in [6.07, 6.45) is 9.08. The molecule has 10 rings (SSSR count). The summed E-state index contributed by atoms with van der Waals surface area (Å²) in [6.45, 7) is 0. The van der Waals surface area contributed by atoms with Crippen molar-refractivity contribution in [1.82, 2.24) is 0 Å². The fourth-order valence-electron chi connectivity index (χ4n) is 7.53. The van der Waals surface area contributed by atoms with Crippen molar-refractivity contribution < 1.29 is 4.42 Å². The van der Waals surface area contributed by atoms with E-state index in [2.05, 4.69) is 169 Å². The second kappa shape index (κ2) is 11.4. The molecular formula is C46H31NOS. The summed E-state index contributed by atoms with van der Waals surface area (Å²) in [4.78, 5) is 2.45. The van der Waals surface area contributed by atoms with E-state index in [1.165, 1.54) is 47.9 Å². The number of para-hydroxylation sites is 1. The van der Waals surface area contributed by atoms with E-state index in [4.69, 9.17) is 4.42 Å². The monoisotopic (exact) mass is 645 g/mol. The van der Waals surface area contributed by atoms with Crippen LogP contribution in [0.15, 0.2) is 168 Å². The highest BCUT2D eigenvalue weighted by molar-refractivity contribution is 7.26. The highest BCUT2D eigenvalue weighted by Gasteiger charge is 2.22. The maximum atomic E-state index is 6.49. The fourth-order valence-corrected chi connectivity index (χ4v) is 8.74. The van der Waals surface area contributed by atoms with E-state index >= 15 is 0 Å². The van der Waals surface area contributed by atoms with E-state index in [-0.39, 0.29) is 0 Å². The normalized spacial score (nSPS) is 13.2. The number of benzene rings is 7. The Balaban J connectivity index is 1.19. The molecule has 1 aliphatic carbocycles. The van der Waals surface area contributed by atoms with Crippen LogP contribution in [0.5, 0.6) is 0 Å². The van der Waals surface area contributed by atoms with Gasteiger partial charge in [0.15, 0.2) is 0 Å². The molecule has 2 heterocycles. The standard InChI is InChI=1S/C46H31NOS/c1-2-11-30(12-3-1)31-21-25-34(26-22-31)47(42-19-10-17-39-37-16-7-9-20-44(37)49-46(39)42)41-18-8-6-14-35(41)33-24-28-43-40(29-33)38-27-23-32-13-4-5-15-36(32)45(38)48-43/h2,4-29H,1,3H2. The van der Waals surface area contributed by atoms with E-state index in [1.54, 1.807) is 0 Å². The van der Waals surface area contributed by atoms with E-state index in [9.17, 15) is 0 Å². The molecule has 0 atom stereocenters. The molecule has 0 N–H and O–H groups in total. The lowest BCUT2D eigenvalue weighted by Crippen LogP contribution is -2.11. The number of nitrogens with zero attached hydrogens (tertiary/aromatic N) is 1. The summed E-state index contributed by atoms with van der Waals surface area (Å²) in [5.41, 5.74) is 10.2. The van der Waals surface area contributed by atoms with Gasteiger partial charge in [0.05, 0.1) is 16.1 Å². The fraction of sp³-hybridized carbons (Fsp3) is 0.0435. The molecule has 0 radical (unpaired) electrons. The number of allylic oxidation sites excluding steroid dienone is 4. The van der Waals surface area contributed by atoms with Gasteiger partial charge >= 0.3 is 0 Å². The Morgan fingerprint density at radius 1 is 0.551 bits per heavy atom. The predicted octanol–water partition coefficient (Wildman–Crippen LogP) is 14.0. The minimum absolute atomic E-state index is 0.904. The number of fused-ring (bicyclic) bond motifs is 8. The van der Waals surface area contributed by atoms with Crippen molar-refractivity contribution in [3.05, 3.63) is 169 Å². The van der Waals surface area contributed by atoms with Gasteiger partial charge in [0.2, 0.25) is 0 Å². The van der Waals surface area contributed by atoms with Crippen LogP contribution >= 0.6 is 11.3 Å². The van der Waals surface area contributed by atoms with Gasteiger partial charge in [0.1, 0.15) is 11.2 Å². The number of hydrogen-bond acceptors (Lipinski definition) is 3. The number of furan rings is 1. The zero-order valence-electron chi connectivity index (χ0n) is 26.8. The van der Waals surface area contributed by atoms with Gasteiger partial charge in [-0.15, -0.1) is 11.3 Å².